The van der Waals surface area contributed by atoms with Crippen molar-refractivity contribution in [3.63, 3.8) is 0 Å². The fourth-order valence-corrected chi connectivity index (χ4v) is 4.53. The highest BCUT2D eigenvalue weighted by Gasteiger charge is 2.22. The van der Waals surface area contributed by atoms with Gasteiger partial charge in [0.15, 0.2) is 5.82 Å². The first-order chi connectivity index (χ1) is 15.9. The second-order valence-corrected chi connectivity index (χ2v) is 8.85. The maximum absolute atomic E-state index is 13.3. The van der Waals surface area contributed by atoms with Crippen LogP contribution < -0.4 is 5.56 Å². The first kappa shape index (κ1) is 21.4. The summed E-state index contributed by atoms with van der Waals surface area (Å²) >= 11 is 5.98. The van der Waals surface area contributed by atoms with E-state index >= 15 is 0 Å². The van der Waals surface area contributed by atoms with Crippen LogP contribution >= 0.6 is 11.6 Å². The third kappa shape index (κ3) is 3.93. The zero-order chi connectivity index (χ0) is 23.1. The van der Waals surface area contributed by atoms with Crippen molar-refractivity contribution in [2.24, 2.45) is 7.05 Å². The molecule has 168 valence electrons. The molecule has 0 saturated carbocycles. The summed E-state index contributed by atoms with van der Waals surface area (Å²) in [5, 5.41) is 5.07. The van der Waals surface area contributed by atoms with Gasteiger partial charge in [-0.25, -0.2) is 0 Å². The minimum atomic E-state index is -0.231. The minimum Gasteiger partial charge on any atom is -0.338 e. The van der Waals surface area contributed by atoms with Gasteiger partial charge in [-0.1, -0.05) is 35.9 Å². The largest absolute Gasteiger partial charge is 0.338 e. The summed E-state index contributed by atoms with van der Waals surface area (Å²) < 4.78 is 3.18. The van der Waals surface area contributed by atoms with Gasteiger partial charge >= 0.3 is 0 Å². The molecule has 1 aliphatic rings. The standard InChI is InChI=1S/C25H24ClN5O2/c1-16-21(11-12-22(32)30-14-13-17-5-3-4-6-19(17)15-30)24(33)31-25(29(16)2)27-23(28-31)18-7-9-20(26)10-8-18/h3-10H,11-15H2,1-2H3. The Bertz CT molecular complexity index is 1420. The van der Waals surface area contributed by atoms with Crippen molar-refractivity contribution >= 4 is 23.3 Å². The van der Waals surface area contributed by atoms with Crippen molar-refractivity contribution in [2.45, 2.75) is 32.7 Å². The SMILES string of the molecule is Cc1c(CCC(=O)N2CCc3ccccc3C2)c(=O)n2nc(-c3ccc(Cl)cc3)nc2n1C. The molecule has 0 atom stereocenters. The van der Waals surface area contributed by atoms with E-state index in [9.17, 15) is 9.59 Å². The average molecular weight is 462 g/mol. The van der Waals surface area contributed by atoms with E-state index in [-0.39, 0.29) is 17.9 Å². The van der Waals surface area contributed by atoms with Gasteiger partial charge in [-0.3, -0.25) is 9.59 Å². The normalized spacial score (nSPS) is 13.4. The molecule has 0 spiro atoms. The van der Waals surface area contributed by atoms with Crippen molar-refractivity contribution in [3.05, 3.63) is 86.3 Å². The van der Waals surface area contributed by atoms with Crippen LogP contribution in [0.5, 0.6) is 0 Å². The van der Waals surface area contributed by atoms with E-state index < -0.39 is 0 Å². The first-order valence-electron chi connectivity index (χ1n) is 11.0. The van der Waals surface area contributed by atoms with Crippen LogP contribution in [0.2, 0.25) is 5.02 Å². The molecule has 2 aromatic heterocycles. The lowest BCUT2D eigenvalue weighted by atomic mass is 9.99. The number of halogens is 1. The molecule has 33 heavy (non-hydrogen) atoms. The minimum absolute atomic E-state index is 0.0616. The lowest BCUT2D eigenvalue weighted by molar-refractivity contribution is -0.132. The third-order valence-electron chi connectivity index (χ3n) is 6.46. The molecule has 3 heterocycles. The topological polar surface area (TPSA) is 72.5 Å². The second-order valence-electron chi connectivity index (χ2n) is 8.42. The number of fused-ring (bicyclic) bond motifs is 2. The molecule has 0 unspecified atom stereocenters. The molecule has 8 heteroatoms. The van der Waals surface area contributed by atoms with E-state index in [4.69, 9.17) is 11.6 Å². The zero-order valence-electron chi connectivity index (χ0n) is 18.6. The molecule has 1 amide bonds. The van der Waals surface area contributed by atoms with Crippen LogP contribution in [-0.4, -0.2) is 36.5 Å². The van der Waals surface area contributed by atoms with Crippen LogP contribution in [0.3, 0.4) is 0 Å². The van der Waals surface area contributed by atoms with Crippen LogP contribution in [0, 0.1) is 6.92 Å². The summed E-state index contributed by atoms with van der Waals surface area (Å²) in [5.74, 6) is 0.982. The molecular formula is C25H24ClN5O2. The predicted molar refractivity (Wildman–Crippen MR) is 127 cm³/mol. The summed E-state index contributed by atoms with van der Waals surface area (Å²) in [7, 11) is 1.86. The van der Waals surface area contributed by atoms with Crippen LogP contribution in [0.15, 0.2) is 53.3 Å². The molecule has 1 aliphatic heterocycles. The summed E-state index contributed by atoms with van der Waals surface area (Å²) in [6.07, 6.45) is 1.51. The molecule has 0 fully saturated rings. The van der Waals surface area contributed by atoms with Crippen LogP contribution in [0.25, 0.3) is 17.2 Å². The van der Waals surface area contributed by atoms with Crippen LogP contribution in [0.4, 0.5) is 0 Å². The quantitative estimate of drug-likeness (QED) is 0.465. The molecule has 7 nitrogen and oxygen atoms in total. The number of hydrogen-bond donors (Lipinski definition) is 0. The number of rotatable bonds is 4. The fourth-order valence-electron chi connectivity index (χ4n) is 4.40. The molecule has 2 aromatic carbocycles. The third-order valence-corrected chi connectivity index (χ3v) is 6.71. The van der Waals surface area contributed by atoms with Crippen molar-refractivity contribution in [1.82, 2.24) is 24.1 Å². The highest BCUT2D eigenvalue weighted by atomic mass is 35.5. The zero-order valence-corrected chi connectivity index (χ0v) is 19.3. The summed E-state index contributed by atoms with van der Waals surface area (Å²) in [4.78, 5) is 32.6. The van der Waals surface area contributed by atoms with E-state index in [0.717, 1.165) is 17.7 Å². The Balaban J connectivity index is 1.40. The van der Waals surface area contributed by atoms with Gasteiger partial charge in [0, 0.05) is 48.4 Å². The fraction of sp³-hybridized carbons (Fsp3) is 0.280. The van der Waals surface area contributed by atoms with Gasteiger partial charge in [0.05, 0.1) is 0 Å². The van der Waals surface area contributed by atoms with E-state index in [1.54, 1.807) is 12.1 Å². The summed E-state index contributed by atoms with van der Waals surface area (Å²) in [5.41, 5.74) is 4.43. The Hall–Kier alpha value is -3.45. The van der Waals surface area contributed by atoms with Crippen LogP contribution in [0.1, 0.15) is 28.8 Å². The van der Waals surface area contributed by atoms with Gasteiger partial charge in [-0.15, -0.1) is 5.10 Å². The van der Waals surface area contributed by atoms with Crippen molar-refractivity contribution in [1.29, 1.82) is 0 Å². The van der Waals surface area contributed by atoms with E-state index in [1.165, 1.54) is 15.6 Å². The number of aryl methyl sites for hydroxylation is 1. The van der Waals surface area contributed by atoms with Crippen molar-refractivity contribution < 1.29 is 4.79 Å². The van der Waals surface area contributed by atoms with Gasteiger partial charge in [0.1, 0.15) is 0 Å². The first-order valence-corrected chi connectivity index (χ1v) is 11.4. The Morgan fingerprint density at radius 2 is 1.82 bits per heavy atom. The highest BCUT2D eigenvalue weighted by molar-refractivity contribution is 6.30. The predicted octanol–water partition coefficient (Wildman–Crippen LogP) is 3.57. The molecule has 5 rings (SSSR count). The number of aromatic nitrogens is 4. The Morgan fingerprint density at radius 3 is 2.58 bits per heavy atom. The number of amides is 1. The smallest absolute Gasteiger partial charge is 0.279 e. The monoisotopic (exact) mass is 461 g/mol. The van der Waals surface area contributed by atoms with E-state index in [0.29, 0.717) is 41.7 Å². The molecule has 0 N–H and O–H groups in total. The second kappa shape index (κ2) is 8.48. The van der Waals surface area contributed by atoms with Gasteiger partial charge < -0.3 is 9.47 Å². The van der Waals surface area contributed by atoms with E-state index in [2.05, 4.69) is 22.2 Å². The molecular weight excluding hydrogens is 438 g/mol. The lowest BCUT2D eigenvalue weighted by Crippen LogP contribution is -2.36. The van der Waals surface area contributed by atoms with Gasteiger partial charge in [0.2, 0.25) is 11.7 Å². The number of carbonyl (C=O) groups is 1. The van der Waals surface area contributed by atoms with Crippen molar-refractivity contribution in [2.75, 3.05) is 6.54 Å². The molecule has 0 saturated heterocycles. The number of nitrogens with zero attached hydrogens (tertiary/aromatic N) is 5. The number of hydrogen-bond acceptors (Lipinski definition) is 4. The molecule has 0 bridgehead atoms. The van der Waals surface area contributed by atoms with Crippen molar-refractivity contribution in [3.8, 4) is 11.4 Å². The Labute approximate surface area is 196 Å². The highest BCUT2D eigenvalue weighted by Crippen LogP contribution is 2.21. The molecule has 0 aliphatic carbocycles. The van der Waals surface area contributed by atoms with Crippen LogP contribution in [-0.2, 0) is 31.2 Å². The Morgan fingerprint density at radius 1 is 1.09 bits per heavy atom. The summed E-state index contributed by atoms with van der Waals surface area (Å²) in [6, 6.07) is 15.4. The molecule has 0 radical (unpaired) electrons. The maximum Gasteiger partial charge on any atom is 0.279 e. The number of carbonyl (C=O) groups excluding carboxylic acids is 1. The maximum atomic E-state index is 13.3. The van der Waals surface area contributed by atoms with Gasteiger partial charge in [-0.2, -0.15) is 9.50 Å². The molecule has 4 aromatic rings. The van der Waals surface area contributed by atoms with Gasteiger partial charge in [0.25, 0.3) is 5.56 Å². The van der Waals surface area contributed by atoms with Gasteiger partial charge in [-0.05, 0) is 55.2 Å². The summed E-state index contributed by atoms with van der Waals surface area (Å²) in [6.45, 7) is 3.22. The average Bonchev–Trinajstić information content (AvgIpc) is 3.28. The lowest BCUT2D eigenvalue weighted by Gasteiger charge is -2.29. The number of benzene rings is 2. The Kier molecular flexibility index (Phi) is 5.50. The van der Waals surface area contributed by atoms with E-state index in [1.807, 2.05) is 47.7 Å².